The monoisotopic (exact) mass is 292 g/mol. The van der Waals surface area contributed by atoms with Gasteiger partial charge in [-0.25, -0.2) is 9.59 Å². The molecule has 2 aliphatic carbocycles. The van der Waals surface area contributed by atoms with Gasteiger partial charge in [-0.05, 0) is 37.5 Å². The van der Waals surface area contributed by atoms with Crippen LogP contribution >= 0.6 is 0 Å². The van der Waals surface area contributed by atoms with E-state index in [2.05, 4.69) is 11.2 Å². The van der Waals surface area contributed by atoms with Crippen LogP contribution in [0.3, 0.4) is 0 Å². The highest BCUT2D eigenvalue weighted by atomic mass is 16.4. The lowest BCUT2D eigenvalue weighted by atomic mass is 9.84. The second-order valence-electron chi connectivity index (χ2n) is 6.19. The average Bonchev–Trinajstić information content (AvgIpc) is 3.28. The Kier molecular flexibility index (Phi) is 5.49. The number of carboxylic acids is 1. The van der Waals surface area contributed by atoms with Gasteiger partial charge in [-0.15, -0.1) is 6.42 Å². The molecule has 2 rings (SSSR count). The van der Waals surface area contributed by atoms with Crippen LogP contribution in [0.1, 0.15) is 44.9 Å². The summed E-state index contributed by atoms with van der Waals surface area (Å²) in [5.74, 6) is 2.10. The van der Waals surface area contributed by atoms with Crippen LogP contribution in [0.15, 0.2) is 0 Å². The molecule has 116 valence electrons. The Morgan fingerprint density at radius 2 is 1.90 bits per heavy atom. The first-order valence-corrected chi connectivity index (χ1v) is 7.83. The third-order valence-corrected chi connectivity index (χ3v) is 4.41. The van der Waals surface area contributed by atoms with Crippen LogP contribution in [0, 0.1) is 24.2 Å². The van der Waals surface area contributed by atoms with Crippen molar-refractivity contribution in [3.05, 3.63) is 0 Å². The lowest BCUT2D eigenvalue weighted by molar-refractivity contribution is -0.141. The van der Waals surface area contributed by atoms with Gasteiger partial charge < -0.3 is 15.3 Å². The molecule has 21 heavy (non-hydrogen) atoms. The number of carbonyl (C=O) groups is 2. The molecule has 2 N–H and O–H groups in total. The molecule has 5 nitrogen and oxygen atoms in total. The number of carboxylic acid groups (broad SMARTS) is 1. The maximum atomic E-state index is 12.3. The van der Waals surface area contributed by atoms with Crippen LogP contribution in [0.2, 0.25) is 0 Å². The molecule has 0 heterocycles. The number of terminal acetylenes is 1. The van der Waals surface area contributed by atoms with Crippen molar-refractivity contribution in [1.82, 2.24) is 10.2 Å². The molecule has 0 bridgehead atoms. The zero-order chi connectivity index (χ0) is 15.2. The van der Waals surface area contributed by atoms with E-state index in [1.807, 2.05) is 0 Å². The molecule has 0 aliphatic heterocycles. The lowest BCUT2D eigenvalue weighted by Gasteiger charge is -2.30. The fourth-order valence-corrected chi connectivity index (χ4v) is 3.01. The normalized spacial score (nSPS) is 20.3. The van der Waals surface area contributed by atoms with Gasteiger partial charge in [0.15, 0.2) is 0 Å². The number of carbonyl (C=O) groups excluding carboxylic acids is 1. The third-order valence-electron chi connectivity index (χ3n) is 4.41. The molecular weight excluding hydrogens is 268 g/mol. The summed E-state index contributed by atoms with van der Waals surface area (Å²) in [4.78, 5) is 25.4. The van der Waals surface area contributed by atoms with Crippen LogP contribution in [0.5, 0.6) is 0 Å². The summed E-state index contributed by atoms with van der Waals surface area (Å²) in [6.07, 6.45) is 12.5. The van der Waals surface area contributed by atoms with Crippen LogP contribution in [0.4, 0.5) is 4.79 Å². The number of urea groups is 1. The summed E-state index contributed by atoms with van der Waals surface area (Å²) in [6, 6.07) is -1.13. The van der Waals surface area contributed by atoms with Gasteiger partial charge in [0.2, 0.25) is 0 Å². The molecule has 2 fully saturated rings. The minimum atomic E-state index is -0.942. The fraction of sp³-hybridized carbons (Fsp3) is 0.750. The van der Waals surface area contributed by atoms with Crippen molar-refractivity contribution >= 4 is 12.0 Å². The first-order valence-electron chi connectivity index (χ1n) is 7.83. The van der Waals surface area contributed by atoms with Gasteiger partial charge in [-0.3, -0.25) is 0 Å². The first kappa shape index (κ1) is 15.7. The van der Waals surface area contributed by atoms with Crippen molar-refractivity contribution < 1.29 is 14.7 Å². The highest BCUT2D eigenvalue weighted by molar-refractivity contribution is 5.83. The van der Waals surface area contributed by atoms with Gasteiger partial charge in [-0.1, -0.05) is 25.2 Å². The summed E-state index contributed by atoms with van der Waals surface area (Å²) < 4.78 is 0. The predicted octanol–water partition coefficient (Wildman–Crippen LogP) is 2.07. The summed E-state index contributed by atoms with van der Waals surface area (Å²) in [5, 5.41) is 12.1. The molecule has 0 aromatic rings. The van der Waals surface area contributed by atoms with E-state index in [1.54, 1.807) is 4.90 Å². The minimum absolute atomic E-state index is 0.0359. The Labute approximate surface area is 126 Å². The molecule has 2 aliphatic rings. The van der Waals surface area contributed by atoms with Crippen molar-refractivity contribution in [1.29, 1.82) is 0 Å². The van der Waals surface area contributed by atoms with Crippen LogP contribution in [0.25, 0.3) is 0 Å². The third kappa shape index (κ3) is 4.66. The standard InChI is InChI=1S/C16H24N2O3/c1-2-10-18(11-12-8-9-12)16(21)17-14(15(19)20)13-6-4-3-5-7-13/h1,12-14H,3-11H2,(H,17,21)(H,19,20). The molecule has 2 saturated carbocycles. The summed E-state index contributed by atoms with van der Waals surface area (Å²) in [6.45, 7) is 0.867. The van der Waals surface area contributed by atoms with Gasteiger partial charge in [0.25, 0.3) is 0 Å². The molecule has 0 spiro atoms. The Morgan fingerprint density at radius 3 is 2.43 bits per heavy atom. The lowest BCUT2D eigenvalue weighted by Crippen LogP contribution is -2.52. The van der Waals surface area contributed by atoms with E-state index >= 15 is 0 Å². The van der Waals surface area contributed by atoms with Gasteiger partial charge in [0.1, 0.15) is 6.04 Å². The Hall–Kier alpha value is -1.70. The predicted molar refractivity (Wildman–Crippen MR) is 79.7 cm³/mol. The Balaban J connectivity index is 1.94. The number of nitrogens with one attached hydrogen (secondary N) is 1. The largest absolute Gasteiger partial charge is 0.480 e. The van der Waals surface area contributed by atoms with Crippen LogP contribution in [-0.4, -0.2) is 41.1 Å². The Morgan fingerprint density at radius 1 is 1.24 bits per heavy atom. The van der Waals surface area contributed by atoms with E-state index in [0.29, 0.717) is 12.5 Å². The highest BCUT2D eigenvalue weighted by Gasteiger charge is 2.33. The van der Waals surface area contributed by atoms with Crippen molar-refractivity contribution in [3.8, 4) is 12.3 Å². The summed E-state index contributed by atoms with van der Waals surface area (Å²) in [5.41, 5.74) is 0. The summed E-state index contributed by atoms with van der Waals surface area (Å²) in [7, 11) is 0. The zero-order valence-electron chi connectivity index (χ0n) is 12.4. The molecule has 0 saturated heterocycles. The molecule has 0 radical (unpaired) electrons. The fourth-order valence-electron chi connectivity index (χ4n) is 3.01. The van der Waals surface area contributed by atoms with E-state index < -0.39 is 12.0 Å². The SMILES string of the molecule is C#CCN(CC1CC1)C(=O)NC(C(=O)O)C1CCCCC1. The molecule has 0 aromatic carbocycles. The van der Waals surface area contributed by atoms with Crippen molar-refractivity contribution in [2.24, 2.45) is 11.8 Å². The molecule has 0 aromatic heterocycles. The quantitative estimate of drug-likeness (QED) is 0.736. The molecule has 1 unspecified atom stereocenters. The number of amides is 2. The second-order valence-corrected chi connectivity index (χ2v) is 6.19. The van der Waals surface area contributed by atoms with Gasteiger partial charge in [-0.2, -0.15) is 0 Å². The van der Waals surface area contributed by atoms with Gasteiger partial charge in [0, 0.05) is 6.54 Å². The maximum absolute atomic E-state index is 12.3. The van der Waals surface area contributed by atoms with E-state index in [0.717, 1.165) is 44.9 Å². The van der Waals surface area contributed by atoms with Crippen LogP contribution in [-0.2, 0) is 4.79 Å². The molecule has 5 heteroatoms. The number of hydrogen-bond acceptors (Lipinski definition) is 2. The molecule has 1 atom stereocenters. The molecule has 2 amide bonds. The van der Waals surface area contributed by atoms with Gasteiger partial charge in [0.05, 0.1) is 6.54 Å². The van der Waals surface area contributed by atoms with Gasteiger partial charge >= 0.3 is 12.0 Å². The highest BCUT2D eigenvalue weighted by Crippen LogP contribution is 2.30. The average molecular weight is 292 g/mol. The maximum Gasteiger partial charge on any atom is 0.326 e. The second kappa shape index (κ2) is 7.35. The van der Waals surface area contributed by atoms with E-state index in [1.165, 1.54) is 0 Å². The Bertz CT molecular complexity index is 420. The van der Waals surface area contributed by atoms with E-state index in [9.17, 15) is 14.7 Å². The number of hydrogen-bond donors (Lipinski definition) is 2. The summed E-state index contributed by atoms with van der Waals surface area (Å²) >= 11 is 0. The molecular formula is C16H24N2O3. The van der Waals surface area contributed by atoms with Crippen molar-refractivity contribution in [3.63, 3.8) is 0 Å². The van der Waals surface area contributed by atoms with E-state index in [4.69, 9.17) is 6.42 Å². The topological polar surface area (TPSA) is 69.6 Å². The van der Waals surface area contributed by atoms with Crippen molar-refractivity contribution in [2.45, 2.75) is 51.0 Å². The zero-order valence-corrected chi connectivity index (χ0v) is 12.4. The number of nitrogens with zero attached hydrogens (tertiary/aromatic N) is 1. The van der Waals surface area contributed by atoms with Crippen molar-refractivity contribution in [2.75, 3.05) is 13.1 Å². The first-order chi connectivity index (χ1) is 10.1. The van der Waals surface area contributed by atoms with E-state index in [-0.39, 0.29) is 18.5 Å². The number of aliphatic carboxylic acids is 1. The smallest absolute Gasteiger partial charge is 0.326 e. The number of rotatable bonds is 6. The van der Waals surface area contributed by atoms with Crippen LogP contribution < -0.4 is 5.32 Å². The minimum Gasteiger partial charge on any atom is -0.480 e.